The molecule has 0 saturated heterocycles. The lowest BCUT2D eigenvalue weighted by Crippen LogP contribution is -2.41. The van der Waals surface area contributed by atoms with Crippen molar-refractivity contribution in [1.29, 1.82) is 5.26 Å². The number of aromatic nitrogens is 4. The van der Waals surface area contributed by atoms with Gasteiger partial charge in [-0.3, -0.25) is 4.57 Å². The molecule has 5 aromatic rings. The largest absolute Gasteiger partial charge is 0.373 e. The first kappa shape index (κ1) is 23.0. The number of hydrogen-bond donors (Lipinski definition) is 1. The third-order valence-corrected chi connectivity index (χ3v) is 6.10. The van der Waals surface area contributed by atoms with E-state index in [9.17, 15) is 5.26 Å². The van der Waals surface area contributed by atoms with Crippen LogP contribution >= 0.6 is 0 Å². The Morgan fingerprint density at radius 1 is 0.889 bits per heavy atom. The highest BCUT2D eigenvalue weighted by Crippen LogP contribution is 2.37. The van der Waals surface area contributed by atoms with E-state index in [1.54, 1.807) is 24.2 Å². The van der Waals surface area contributed by atoms with Crippen molar-refractivity contribution in [3.05, 3.63) is 132 Å². The normalized spacial score (nSPS) is 11.8. The molecule has 5 rings (SSSR count). The van der Waals surface area contributed by atoms with E-state index in [-0.39, 0.29) is 0 Å². The van der Waals surface area contributed by atoms with Gasteiger partial charge in [0, 0.05) is 13.3 Å². The zero-order valence-electron chi connectivity index (χ0n) is 19.7. The molecule has 0 aliphatic rings. The average Bonchev–Trinajstić information content (AvgIpc) is 3.36. The number of hydrogen-bond acceptors (Lipinski definition) is 6. The van der Waals surface area contributed by atoms with Gasteiger partial charge in [0.25, 0.3) is 0 Å². The smallest absolute Gasteiger partial charge is 0.165 e. The second-order valence-electron chi connectivity index (χ2n) is 8.19. The molecule has 2 aromatic heterocycles. The third kappa shape index (κ3) is 4.11. The number of allylic oxidation sites excluding steroid dienone is 1. The average molecular weight is 473 g/mol. The van der Waals surface area contributed by atoms with Gasteiger partial charge >= 0.3 is 0 Å². The second kappa shape index (κ2) is 10.2. The van der Waals surface area contributed by atoms with Crippen LogP contribution in [0.5, 0.6) is 0 Å². The molecule has 0 radical (unpaired) electrons. The fourth-order valence-electron chi connectivity index (χ4n) is 4.46. The lowest BCUT2D eigenvalue weighted by atomic mass is 9.77. The fraction of sp³-hybridized carbons (Fsp3) is 0.103. The van der Waals surface area contributed by atoms with Gasteiger partial charge in [0.15, 0.2) is 5.65 Å². The van der Waals surface area contributed by atoms with E-state index in [1.165, 1.54) is 6.33 Å². The van der Waals surface area contributed by atoms with Crippen molar-refractivity contribution in [3.8, 4) is 6.07 Å². The molecule has 0 saturated carbocycles. The minimum absolute atomic E-state index is 0.302. The Kier molecular flexibility index (Phi) is 6.52. The molecule has 1 N–H and O–H groups in total. The van der Waals surface area contributed by atoms with Gasteiger partial charge in [-0.25, -0.2) is 15.0 Å². The van der Waals surface area contributed by atoms with Crippen molar-refractivity contribution in [2.45, 2.75) is 12.3 Å². The topological polar surface area (TPSA) is 88.7 Å². The van der Waals surface area contributed by atoms with Gasteiger partial charge < -0.3 is 10.1 Å². The molecule has 3 aromatic carbocycles. The van der Waals surface area contributed by atoms with Crippen molar-refractivity contribution in [2.24, 2.45) is 0 Å². The number of methoxy groups -OCH3 is 1. The molecule has 0 amide bonds. The fourth-order valence-corrected chi connectivity index (χ4v) is 4.46. The number of ether oxygens (including phenoxy) is 1. The first-order valence-corrected chi connectivity index (χ1v) is 11.5. The van der Waals surface area contributed by atoms with Crippen molar-refractivity contribution < 1.29 is 4.74 Å². The van der Waals surface area contributed by atoms with Crippen LogP contribution in [0.2, 0.25) is 0 Å². The van der Waals surface area contributed by atoms with E-state index in [1.807, 2.05) is 54.6 Å². The van der Waals surface area contributed by atoms with Crippen molar-refractivity contribution in [2.75, 3.05) is 7.11 Å². The molecule has 0 fully saturated rings. The summed E-state index contributed by atoms with van der Waals surface area (Å²) in [6, 6.07) is 32.9. The summed E-state index contributed by atoms with van der Waals surface area (Å²) in [5, 5.41) is 13.8. The van der Waals surface area contributed by atoms with E-state index in [0.717, 1.165) is 16.7 Å². The van der Waals surface area contributed by atoms with Crippen LogP contribution in [0.15, 0.2) is 110 Å². The van der Waals surface area contributed by atoms with E-state index in [0.29, 0.717) is 29.2 Å². The van der Waals surface area contributed by atoms with Crippen LogP contribution in [0.3, 0.4) is 0 Å². The Morgan fingerprint density at radius 2 is 1.44 bits per heavy atom. The van der Waals surface area contributed by atoms with Crippen LogP contribution in [0.4, 0.5) is 0 Å². The highest BCUT2D eigenvalue weighted by atomic mass is 16.5. The molecule has 0 aliphatic heterocycles. The molecule has 0 aliphatic carbocycles. The van der Waals surface area contributed by atoms with Crippen LogP contribution in [0, 0.1) is 11.3 Å². The number of fused-ring (bicyclic) bond motifs is 1. The lowest BCUT2D eigenvalue weighted by Gasteiger charge is -2.36. The SMILES string of the molecule is COCn1cnc2c(/C(C#N)=C\NC(c3ccccc3)(c3ccccc3)c3ccccc3)ncnc21. The molecule has 0 spiro atoms. The van der Waals surface area contributed by atoms with Gasteiger partial charge in [-0.05, 0) is 16.7 Å². The van der Waals surface area contributed by atoms with Crippen molar-refractivity contribution in [1.82, 2.24) is 24.8 Å². The molecule has 0 atom stereocenters. The molecule has 0 bridgehead atoms. The van der Waals surface area contributed by atoms with Crippen molar-refractivity contribution >= 4 is 16.7 Å². The molecule has 7 nitrogen and oxygen atoms in total. The highest BCUT2D eigenvalue weighted by Gasteiger charge is 2.35. The summed E-state index contributed by atoms with van der Waals surface area (Å²) in [7, 11) is 1.61. The summed E-state index contributed by atoms with van der Waals surface area (Å²) in [5.74, 6) is 0. The summed E-state index contributed by atoms with van der Waals surface area (Å²) < 4.78 is 7.00. The van der Waals surface area contributed by atoms with Crippen LogP contribution in [-0.2, 0) is 17.0 Å². The maximum atomic E-state index is 10.2. The molecule has 0 unspecified atom stereocenters. The van der Waals surface area contributed by atoms with Crippen LogP contribution in [-0.4, -0.2) is 26.6 Å². The summed E-state index contributed by atoms with van der Waals surface area (Å²) in [6.45, 7) is 0.302. The summed E-state index contributed by atoms with van der Waals surface area (Å²) in [4.78, 5) is 13.2. The van der Waals surface area contributed by atoms with Crippen LogP contribution in [0.25, 0.3) is 16.7 Å². The second-order valence-corrected chi connectivity index (χ2v) is 8.19. The summed E-state index contributed by atoms with van der Waals surface area (Å²) in [5.41, 5.74) is 4.28. The Bertz CT molecular complexity index is 1430. The molecule has 36 heavy (non-hydrogen) atoms. The maximum absolute atomic E-state index is 10.2. The van der Waals surface area contributed by atoms with Gasteiger partial charge in [0.1, 0.15) is 35.9 Å². The molecular formula is C29H24N6O. The van der Waals surface area contributed by atoms with Gasteiger partial charge in [0.05, 0.1) is 11.9 Å². The van der Waals surface area contributed by atoms with Crippen LogP contribution in [0.1, 0.15) is 22.4 Å². The Labute approximate surface area is 209 Å². The predicted octanol–water partition coefficient (Wildman–Crippen LogP) is 4.88. The summed E-state index contributed by atoms with van der Waals surface area (Å²) in [6.07, 6.45) is 4.80. The molecular weight excluding hydrogens is 448 g/mol. The lowest BCUT2D eigenvalue weighted by molar-refractivity contribution is 0.134. The van der Waals surface area contributed by atoms with Crippen LogP contribution < -0.4 is 5.32 Å². The zero-order valence-corrected chi connectivity index (χ0v) is 19.7. The summed E-state index contributed by atoms with van der Waals surface area (Å²) >= 11 is 0. The Hall–Kier alpha value is -4.80. The minimum atomic E-state index is -0.757. The van der Waals surface area contributed by atoms with Gasteiger partial charge in [-0.2, -0.15) is 5.26 Å². The van der Waals surface area contributed by atoms with E-state index < -0.39 is 5.54 Å². The van der Waals surface area contributed by atoms with E-state index >= 15 is 0 Å². The number of benzene rings is 3. The quantitative estimate of drug-likeness (QED) is 0.256. The van der Waals surface area contributed by atoms with E-state index in [4.69, 9.17) is 4.74 Å². The number of rotatable bonds is 8. The number of nitrogens with one attached hydrogen (secondary N) is 1. The Morgan fingerprint density at radius 3 is 1.94 bits per heavy atom. The van der Waals surface area contributed by atoms with Gasteiger partial charge in [0.2, 0.25) is 0 Å². The van der Waals surface area contributed by atoms with Crippen molar-refractivity contribution in [3.63, 3.8) is 0 Å². The number of nitrogens with zero attached hydrogens (tertiary/aromatic N) is 5. The zero-order chi connectivity index (χ0) is 24.8. The third-order valence-electron chi connectivity index (χ3n) is 6.10. The van der Waals surface area contributed by atoms with E-state index in [2.05, 4.69) is 62.7 Å². The first-order valence-electron chi connectivity index (χ1n) is 11.5. The monoisotopic (exact) mass is 472 g/mol. The highest BCUT2D eigenvalue weighted by molar-refractivity contribution is 5.89. The molecule has 2 heterocycles. The number of nitriles is 1. The predicted molar refractivity (Wildman–Crippen MR) is 138 cm³/mol. The minimum Gasteiger partial charge on any atom is -0.373 e. The maximum Gasteiger partial charge on any atom is 0.165 e. The first-order chi connectivity index (χ1) is 17.8. The molecule has 7 heteroatoms. The molecule has 176 valence electrons. The van der Waals surface area contributed by atoms with Gasteiger partial charge in [-0.1, -0.05) is 91.0 Å². The Balaban J connectivity index is 1.69. The number of imidazole rings is 1. The van der Waals surface area contributed by atoms with Gasteiger partial charge in [-0.15, -0.1) is 0 Å². The standard InChI is InChI=1S/C29H24N6O/c1-36-21-35-20-33-27-26(31-19-32-28(27)35)22(17-30)18-34-29(23-11-5-2-6-12-23,24-13-7-3-8-14-24)25-15-9-4-10-16-25/h2-16,18-20,34H,21H2,1H3/b22-18-.